The van der Waals surface area contributed by atoms with E-state index in [4.69, 9.17) is 14.7 Å². The first kappa shape index (κ1) is 21.5. The van der Waals surface area contributed by atoms with E-state index in [1.807, 2.05) is 43.3 Å². The third kappa shape index (κ3) is 5.32. The fourth-order valence-electron chi connectivity index (χ4n) is 3.52. The van der Waals surface area contributed by atoms with Gasteiger partial charge in [0.1, 0.15) is 5.03 Å². The van der Waals surface area contributed by atoms with E-state index in [0.717, 1.165) is 38.7 Å². The van der Waals surface area contributed by atoms with E-state index in [0.29, 0.717) is 18.9 Å². The monoisotopic (exact) mass is 433 g/mol. The largest absolute Gasteiger partial charge is 0.370 e. The number of aryl methyl sites for hydroxylation is 2. The number of nitrogens with zero attached hydrogens (tertiary/aromatic N) is 2. The lowest BCUT2D eigenvalue weighted by molar-refractivity contribution is -0.113. The number of carbonyl (C=O) groups is 1. The average molecular weight is 434 g/mol. The van der Waals surface area contributed by atoms with Crippen LogP contribution in [0.25, 0.3) is 11.4 Å². The summed E-state index contributed by atoms with van der Waals surface area (Å²) in [5.74, 6) is 0.908. The highest BCUT2D eigenvalue weighted by Gasteiger charge is 2.30. The molecule has 0 bridgehead atoms. The number of rotatable bonds is 5. The molecule has 1 N–H and O–H groups in total. The molecule has 0 saturated carbocycles. The number of amides is 1. The Balaban J connectivity index is 1.59. The molecule has 1 aliphatic rings. The van der Waals surface area contributed by atoms with Gasteiger partial charge < -0.3 is 10.1 Å². The normalized spacial score (nSPS) is 14.7. The van der Waals surface area contributed by atoms with Crippen molar-refractivity contribution in [2.24, 2.45) is 0 Å². The van der Waals surface area contributed by atoms with Crippen LogP contribution < -0.4 is 5.32 Å². The van der Waals surface area contributed by atoms with Crippen molar-refractivity contribution in [1.29, 1.82) is 0 Å². The maximum Gasteiger partial charge on any atom is 0.234 e. The third-order valence-electron chi connectivity index (χ3n) is 5.21. The van der Waals surface area contributed by atoms with Gasteiger partial charge in [0, 0.05) is 23.2 Å². The van der Waals surface area contributed by atoms with Crippen molar-refractivity contribution in [2.75, 3.05) is 11.1 Å². The molecule has 0 aliphatic carbocycles. The molecule has 0 saturated heterocycles. The molecular weight excluding hydrogens is 406 g/mol. The van der Waals surface area contributed by atoms with Crippen molar-refractivity contribution in [3.63, 3.8) is 0 Å². The first-order valence-electron chi connectivity index (χ1n) is 10.4. The molecule has 1 aromatic heterocycles. The van der Waals surface area contributed by atoms with Gasteiger partial charge >= 0.3 is 0 Å². The Bertz CT molecular complexity index is 1110. The summed E-state index contributed by atoms with van der Waals surface area (Å²) in [7, 11) is 0. The van der Waals surface area contributed by atoms with Crippen LogP contribution in [0.15, 0.2) is 53.6 Å². The number of aromatic nitrogens is 2. The summed E-state index contributed by atoms with van der Waals surface area (Å²) in [6.45, 7) is 8.69. The lowest BCUT2D eigenvalue weighted by Crippen LogP contribution is -2.33. The summed E-state index contributed by atoms with van der Waals surface area (Å²) in [6, 6.07) is 16.0. The number of benzene rings is 2. The summed E-state index contributed by atoms with van der Waals surface area (Å²) in [5.41, 5.74) is 5.83. The Kier molecular flexibility index (Phi) is 6.12. The molecule has 4 rings (SSSR count). The van der Waals surface area contributed by atoms with E-state index in [9.17, 15) is 4.79 Å². The van der Waals surface area contributed by atoms with Crippen molar-refractivity contribution in [1.82, 2.24) is 9.97 Å². The minimum atomic E-state index is -0.268. The molecule has 0 unspecified atom stereocenters. The number of hydrogen-bond donors (Lipinski definition) is 1. The highest BCUT2D eigenvalue weighted by Crippen LogP contribution is 2.34. The van der Waals surface area contributed by atoms with Gasteiger partial charge in [0.2, 0.25) is 5.91 Å². The highest BCUT2D eigenvalue weighted by molar-refractivity contribution is 8.00. The zero-order valence-corrected chi connectivity index (χ0v) is 19.2. The first-order valence-corrected chi connectivity index (χ1v) is 11.4. The molecule has 160 valence electrons. The maximum absolute atomic E-state index is 12.5. The molecule has 3 aromatic rings. The number of fused-ring (bicyclic) bond motifs is 1. The molecule has 5 nitrogen and oxygen atoms in total. The van der Waals surface area contributed by atoms with Gasteiger partial charge in [0.15, 0.2) is 5.82 Å². The molecule has 0 spiro atoms. The van der Waals surface area contributed by atoms with Crippen LogP contribution in [0.5, 0.6) is 0 Å². The zero-order chi connectivity index (χ0) is 22.0. The molecule has 0 atom stereocenters. The summed E-state index contributed by atoms with van der Waals surface area (Å²) in [6.07, 6.45) is 0.715. The van der Waals surface area contributed by atoms with Crippen molar-refractivity contribution in [3.8, 4) is 11.4 Å². The number of nitrogens with one attached hydrogen (secondary N) is 1. The summed E-state index contributed by atoms with van der Waals surface area (Å²) < 4.78 is 6.02. The van der Waals surface area contributed by atoms with E-state index in [-0.39, 0.29) is 17.3 Å². The maximum atomic E-state index is 12.5. The smallest absolute Gasteiger partial charge is 0.234 e. The quantitative estimate of drug-likeness (QED) is 0.434. The predicted molar refractivity (Wildman–Crippen MR) is 125 cm³/mol. The van der Waals surface area contributed by atoms with E-state index in [2.05, 4.69) is 38.2 Å². The van der Waals surface area contributed by atoms with Crippen molar-refractivity contribution < 1.29 is 9.53 Å². The topological polar surface area (TPSA) is 64.1 Å². The second-order valence-corrected chi connectivity index (χ2v) is 9.54. The number of hydrogen-bond acceptors (Lipinski definition) is 5. The van der Waals surface area contributed by atoms with Crippen LogP contribution in [-0.2, 0) is 22.6 Å². The fourth-order valence-corrected chi connectivity index (χ4v) is 4.36. The fraction of sp³-hybridized carbons (Fsp3) is 0.320. The van der Waals surface area contributed by atoms with Crippen LogP contribution in [0, 0.1) is 13.8 Å². The van der Waals surface area contributed by atoms with Gasteiger partial charge in [-0.15, -0.1) is 0 Å². The van der Waals surface area contributed by atoms with Gasteiger partial charge in [0.05, 0.1) is 23.7 Å². The van der Waals surface area contributed by atoms with E-state index >= 15 is 0 Å². The number of ether oxygens (including phenoxy) is 1. The van der Waals surface area contributed by atoms with Crippen LogP contribution in [0.2, 0.25) is 0 Å². The molecule has 1 amide bonds. The highest BCUT2D eigenvalue weighted by atomic mass is 32.2. The van der Waals surface area contributed by atoms with E-state index in [1.165, 1.54) is 11.8 Å². The molecule has 31 heavy (non-hydrogen) atoms. The number of anilines is 1. The predicted octanol–water partition coefficient (Wildman–Crippen LogP) is 5.34. The molecule has 1 aliphatic heterocycles. The molecule has 2 aromatic carbocycles. The van der Waals surface area contributed by atoms with Gasteiger partial charge in [-0.05, 0) is 45.9 Å². The average Bonchev–Trinajstić information content (AvgIpc) is 2.72. The summed E-state index contributed by atoms with van der Waals surface area (Å²) in [5, 5.41) is 3.77. The second kappa shape index (κ2) is 8.81. The van der Waals surface area contributed by atoms with Gasteiger partial charge in [-0.1, -0.05) is 53.2 Å². The third-order valence-corrected chi connectivity index (χ3v) is 6.22. The molecule has 0 fully saturated rings. The molecule has 6 heteroatoms. The van der Waals surface area contributed by atoms with Gasteiger partial charge in [-0.2, -0.15) is 0 Å². The van der Waals surface area contributed by atoms with Crippen LogP contribution in [-0.4, -0.2) is 27.2 Å². The van der Waals surface area contributed by atoms with Crippen LogP contribution in [0.1, 0.15) is 36.2 Å². The Hall–Kier alpha value is -2.70. The number of thioether (sulfide) groups is 1. The first-order chi connectivity index (χ1) is 14.8. The lowest BCUT2D eigenvalue weighted by Gasteiger charge is -2.32. The van der Waals surface area contributed by atoms with Crippen molar-refractivity contribution in [2.45, 2.75) is 51.3 Å². The standard InChI is InChI=1S/C25H27N3O2S/c1-16-8-10-19(11-9-16)26-22(29)15-31-24-20-14-30-25(3,4)13-21(20)27-23(28-24)18-7-5-6-17(2)12-18/h5-12H,13-15H2,1-4H3,(H,26,29). The van der Waals surface area contributed by atoms with Gasteiger partial charge in [0.25, 0.3) is 0 Å². The zero-order valence-electron chi connectivity index (χ0n) is 18.4. The Morgan fingerprint density at radius 2 is 1.87 bits per heavy atom. The Labute approximate surface area is 187 Å². The van der Waals surface area contributed by atoms with Crippen LogP contribution in [0.3, 0.4) is 0 Å². The Morgan fingerprint density at radius 3 is 2.61 bits per heavy atom. The van der Waals surface area contributed by atoms with E-state index < -0.39 is 0 Å². The van der Waals surface area contributed by atoms with Crippen LogP contribution >= 0.6 is 11.8 Å². The molecule has 0 radical (unpaired) electrons. The SMILES string of the molecule is Cc1ccc(NC(=O)CSc2nc(-c3cccc(C)c3)nc3c2COC(C)(C)C3)cc1. The Morgan fingerprint density at radius 1 is 1.10 bits per heavy atom. The number of carbonyl (C=O) groups excluding carboxylic acids is 1. The second-order valence-electron chi connectivity index (χ2n) is 8.58. The molecule has 2 heterocycles. The molecular formula is C25H27N3O2S. The van der Waals surface area contributed by atoms with E-state index in [1.54, 1.807) is 0 Å². The lowest BCUT2D eigenvalue weighted by atomic mass is 9.96. The van der Waals surface area contributed by atoms with Crippen molar-refractivity contribution in [3.05, 3.63) is 70.9 Å². The van der Waals surface area contributed by atoms with Crippen molar-refractivity contribution >= 4 is 23.4 Å². The van der Waals surface area contributed by atoms with Gasteiger partial charge in [-0.25, -0.2) is 9.97 Å². The minimum absolute atomic E-state index is 0.0598. The summed E-state index contributed by atoms with van der Waals surface area (Å²) >= 11 is 1.44. The van der Waals surface area contributed by atoms with Gasteiger partial charge in [-0.3, -0.25) is 4.79 Å². The minimum Gasteiger partial charge on any atom is -0.370 e. The summed E-state index contributed by atoms with van der Waals surface area (Å²) in [4.78, 5) is 22.2. The van der Waals surface area contributed by atoms with Crippen LogP contribution in [0.4, 0.5) is 5.69 Å².